The molecule has 98 valence electrons. The lowest BCUT2D eigenvalue weighted by atomic mass is 10.2. The molecule has 0 saturated carbocycles. The first-order valence-electron chi connectivity index (χ1n) is 5.81. The monoisotopic (exact) mass is 257 g/mol. The Balaban J connectivity index is 2.67. The maximum absolute atomic E-state index is 9.03. The Labute approximate surface area is 104 Å². The van der Waals surface area contributed by atoms with E-state index in [-0.39, 0.29) is 11.6 Å². The van der Waals surface area contributed by atoms with Gasteiger partial charge in [-0.25, -0.2) is 4.98 Å². The smallest absolute Gasteiger partial charge is 0.192 e. The molecule has 0 radical (unpaired) electrons. The summed E-state index contributed by atoms with van der Waals surface area (Å²) in [5, 5.41) is 13.4. The summed E-state index contributed by atoms with van der Waals surface area (Å²) in [6.45, 7) is 11.3. The Bertz CT molecular complexity index is 383. The zero-order valence-electron chi connectivity index (χ0n) is 11.6. The Hall–Kier alpha value is -0.723. The lowest BCUT2D eigenvalue weighted by molar-refractivity contribution is 0.263. The number of nitrogens with zero attached hydrogens (tertiary/aromatic N) is 3. The van der Waals surface area contributed by atoms with E-state index in [1.54, 1.807) is 11.7 Å². The topological polar surface area (TPSA) is 60.2 Å². The van der Waals surface area contributed by atoms with Crippen LogP contribution in [0.2, 0.25) is 18.1 Å². The highest BCUT2D eigenvalue weighted by molar-refractivity contribution is 6.74. The van der Waals surface area contributed by atoms with Gasteiger partial charge in [0.1, 0.15) is 6.61 Å². The van der Waals surface area contributed by atoms with Gasteiger partial charge >= 0.3 is 0 Å². The van der Waals surface area contributed by atoms with Crippen LogP contribution in [0.15, 0.2) is 0 Å². The molecule has 0 amide bonds. The SMILES string of the molecule is Cn1nc(CO[Si](C)(C)C(C)(C)C)nc1CO. The van der Waals surface area contributed by atoms with Crippen LogP contribution in [0, 0.1) is 0 Å². The van der Waals surface area contributed by atoms with Gasteiger partial charge in [-0.05, 0) is 18.1 Å². The molecule has 6 heteroatoms. The van der Waals surface area contributed by atoms with Crippen molar-refractivity contribution in [2.24, 2.45) is 7.05 Å². The highest BCUT2D eigenvalue weighted by Gasteiger charge is 2.37. The normalized spacial score (nSPS) is 13.1. The van der Waals surface area contributed by atoms with Crippen LogP contribution in [-0.4, -0.2) is 28.2 Å². The average Bonchev–Trinajstić information content (AvgIpc) is 2.54. The molecule has 1 heterocycles. The first-order valence-corrected chi connectivity index (χ1v) is 8.72. The molecule has 1 N–H and O–H groups in total. The standard InChI is InChI=1S/C11H23N3O2Si/c1-11(2,3)17(5,6)16-8-9-12-10(7-15)14(4)13-9/h15H,7-8H2,1-6H3. The van der Waals surface area contributed by atoms with Crippen LogP contribution in [-0.2, 0) is 24.7 Å². The summed E-state index contributed by atoms with van der Waals surface area (Å²) in [7, 11) is 0.0144. The maximum Gasteiger partial charge on any atom is 0.192 e. The third kappa shape index (κ3) is 3.37. The van der Waals surface area contributed by atoms with Gasteiger partial charge in [-0.3, -0.25) is 4.68 Å². The molecule has 0 aromatic carbocycles. The third-order valence-electron chi connectivity index (χ3n) is 3.41. The highest BCUT2D eigenvalue weighted by Crippen LogP contribution is 2.36. The van der Waals surface area contributed by atoms with Crippen LogP contribution in [0.1, 0.15) is 32.4 Å². The van der Waals surface area contributed by atoms with E-state index in [1.807, 2.05) is 0 Å². The summed E-state index contributed by atoms with van der Waals surface area (Å²) in [5.41, 5.74) is 0. The fraction of sp³-hybridized carbons (Fsp3) is 0.818. The van der Waals surface area contributed by atoms with Crippen molar-refractivity contribution in [1.29, 1.82) is 0 Å². The van der Waals surface area contributed by atoms with E-state index >= 15 is 0 Å². The molecular formula is C11H23N3O2Si. The third-order valence-corrected chi connectivity index (χ3v) is 7.89. The molecule has 1 aromatic heterocycles. The van der Waals surface area contributed by atoms with Crippen molar-refractivity contribution in [1.82, 2.24) is 14.8 Å². The number of rotatable bonds is 4. The van der Waals surface area contributed by atoms with Crippen molar-refractivity contribution in [3.63, 3.8) is 0 Å². The molecule has 0 aliphatic rings. The fourth-order valence-corrected chi connectivity index (χ4v) is 2.06. The summed E-state index contributed by atoms with van der Waals surface area (Å²) in [6, 6.07) is 0. The summed E-state index contributed by atoms with van der Waals surface area (Å²) >= 11 is 0. The first-order chi connectivity index (χ1) is 7.67. The Morgan fingerprint density at radius 2 is 1.94 bits per heavy atom. The van der Waals surface area contributed by atoms with Crippen molar-refractivity contribution >= 4 is 8.32 Å². The van der Waals surface area contributed by atoms with Gasteiger partial charge in [0.2, 0.25) is 0 Å². The predicted molar refractivity (Wildman–Crippen MR) is 68.9 cm³/mol. The van der Waals surface area contributed by atoms with E-state index in [0.717, 1.165) is 0 Å². The van der Waals surface area contributed by atoms with Gasteiger partial charge in [0.15, 0.2) is 20.0 Å². The van der Waals surface area contributed by atoms with Crippen LogP contribution in [0.5, 0.6) is 0 Å². The summed E-state index contributed by atoms with van der Waals surface area (Å²) in [6.07, 6.45) is 0. The molecule has 0 atom stereocenters. The Kier molecular flexibility index (Phi) is 4.11. The minimum atomic E-state index is -1.76. The number of aryl methyl sites for hydroxylation is 1. The van der Waals surface area contributed by atoms with Crippen molar-refractivity contribution in [2.75, 3.05) is 0 Å². The molecule has 0 spiro atoms. The zero-order valence-corrected chi connectivity index (χ0v) is 12.6. The second-order valence-corrected chi connectivity index (χ2v) is 10.6. The molecule has 1 rings (SSSR count). The van der Waals surface area contributed by atoms with Gasteiger partial charge in [-0.1, -0.05) is 20.8 Å². The van der Waals surface area contributed by atoms with Crippen LogP contribution < -0.4 is 0 Å². The Morgan fingerprint density at radius 3 is 2.35 bits per heavy atom. The summed E-state index contributed by atoms with van der Waals surface area (Å²) < 4.78 is 7.60. The van der Waals surface area contributed by atoms with Crippen LogP contribution in [0.4, 0.5) is 0 Å². The highest BCUT2D eigenvalue weighted by atomic mass is 28.4. The first kappa shape index (κ1) is 14.3. The van der Waals surface area contributed by atoms with Crippen molar-refractivity contribution < 1.29 is 9.53 Å². The van der Waals surface area contributed by atoms with Gasteiger partial charge in [0.25, 0.3) is 0 Å². The molecular weight excluding hydrogens is 234 g/mol. The molecule has 0 aliphatic carbocycles. The lowest BCUT2D eigenvalue weighted by Crippen LogP contribution is -2.40. The second kappa shape index (κ2) is 4.87. The van der Waals surface area contributed by atoms with Gasteiger partial charge in [0.05, 0.1) is 6.61 Å². The van der Waals surface area contributed by atoms with E-state index < -0.39 is 8.32 Å². The molecule has 0 saturated heterocycles. The lowest BCUT2D eigenvalue weighted by Gasteiger charge is -2.35. The van der Waals surface area contributed by atoms with Gasteiger partial charge < -0.3 is 9.53 Å². The largest absolute Gasteiger partial charge is 0.409 e. The van der Waals surface area contributed by atoms with E-state index in [4.69, 9.17) is 9.53 Å². The number of hydrogen-bond donors (Lipinski definition) is 1. The molecule has 5 nitrogen and oxygen atoms in total. The van der Waals surface area contributed by atoms with Crippen molar-refractivity contribution in [3.8, 4) is 0 Å². The van der Waals surface area contributed by atoms with E-state index in [1.165, 1.54) is 0 Å². The number of hydrogen-bond acceptors (Lipinski definition) is 4. The van der Waals surface area contributed by atoms with Gasteiger partial charge in [-0.2, -0.15) is 5.10 Å². The molecule has 0 fully saturated rings. The molecule has 0 unspecified atom stereocenters. The van der Waals surface area contributed by atoms with Crippen LogP contribution >= 0.6 is 0 Å². The number of aliphatic hydroxyl groups excluding tert-OH is 1. The van der Waals surface area contributed by atoms with Crippen molar-refractivity contribution in [3.05, 3.63) is 11.6 Å². The fourth-order valence-electron chi connectivity index (χ4n) is 1.13. The average molecular weight is 257 g/mol. The predicted octanol–water partition coefficient (Wildman–Crippen LogP) is 1.83. The van der Waals surface area contributed by atoms with Crippen LogP contribution in [0.25, 0.3) is 0 Å². The maximum atomic E-state index is 9.03. The molecule has 0 aliphatic heterocycles. The van der Waals surface area contributed by atoms with E-state index in [9.17, 15) is 0 Å². The molecule has 1 aromatic rings. The summed E-state index contributed by atoms with van der Waals surface area (Å²) in [5.74, 6) is 1.21. The number of aliphatic hydroxyl groups is 1. The quantitative estimate of drug-likeness (QED) is 0.836. The van der Waals surface area contributed by atoms with Crippen LogP contribution in [0.3, 0.4) is 0 Å². The Morgan fingerprint density at radius 1 is 1.35 bits per heavy atom. The minimum absolute atomic E-state index is 0.0937. The van der Waals surface area contributed by atoms with E-state index in [0.29, 0.717) is 18.3 Å². The van der Waals surface area contributed by atoms with Crippen molar-refractivity contribution in [2.45, 2.75) is 52.1 Å². The molecule has 0 bridgehead atoms. The van der Waals surface area contributed by atoms with E-state index in [2.05, 4.69) is 43.9 Å². The number of aromatic nitrogens is 3. The zero-order chi connectivity index (χ0) is 13.3. The summed E-state index contributed by atoms with van der Waals surface area (Å²) in [4.78, 5) is 4.21. The molecule has 17 heavy (non-hydrogen) atoms. The van der Waals surface area contributed by atoms with Gasteiger partial charge in [0, 0.05) is 7.05 Å². The second-order valence-electron chi connectivity index (χ2n) is 5.77. The minimum Gasteiger partial charge on any atom is -0.409 e. The van der Waals surface area contributed by atoms with Gasteiger partial charge in [-0.15, -0.1) is 0 Å².